The second-order valence-electron chi connectivity index (χ2n) is 10.3. The Kier molecular flexibility index (Phi) is 6.64. The highest BCUT2D eigenvalue weighted by Crippen LogP contribution is 2.29. The maximum atomic E-state index is 13.6. The molecule has 0 atom stereocenters. The Morgan fingerprint density at radius 2 is 1.68 bits per heavy atom. The number of fused-ring (bicyclic) bond motifs is 1. The molecule has 4 heterocycles. The van der Waals surface area contributed by atoms with Crippen LogP contribution in [0.3, 0.4) is 0 Å². The third-order valence-electron chi connectivity index (χ3n) is 6.91. The molecule has 11 heteroatoms. The summed E-state index contributed by atoms with van der Waals surface area (Å²) in [5, 5.41) is 0. The molecule has 6 rings (SSSR count). The Morgan fingerprint density at radius 3 is 2.40 bits per heavy atom. The minimum Gasteiger partial charge on any atom is -0.489 e. The van der Waals surface area contributed by atoms with Gasteiger partial charge in [0.25, 0.3) is 0 Å². The number of nitrogens with two attached hydrogens (primary N) is 1. The van der Waals surface area contributed by atoms with Crippen molar-refractivity contribution >= 4 is 17.0 Å². The number of aromatic nitrogens is 6. The quantitative estimate of drug-likeness (QED) is 0.316. The average molecular weight is 539 g/mol. The third kappa shape index (κ3) is 5.10. The largest absolute Gasteiger partial charge is 0.489 e. The normalized spacial score (nSPS) is 13.9. The number of benzene rings is 2. The van der Waals surface area contributed by atoms with E-state index in [4.69, 9.17) is 15.2 Å². The first kappa shape index (κ1) is 25.5. The van der Waals surface area contributed by atoms with E-state index in [1.165, 1.54) is 6.33 Å². The highest BCUT2D eigenvalue weighted by atomic mass is 16.5. The molecule has 1 saturated heterocycles. The standard InChI is InChI=1S/C29H30N8O3/c1-18-8-24(39-16-20-11-31-19(2)32-12-20)10-25(9-18)40-23-6-4-22(5-7-23)37-26-27(30)33-17-34-28(26)36(29(37)38)15-21-13-35(3)14-21/h4-12,17,21H,13-16H2,1-3H3,(H2,30,33,34). The van der Waals surface area contributed by atoms with E-state index in [1.54, 1.807) is 21.5 Å². The molecule has 11 nitrogen and oxygen atoms in total. The molecule has 1 aliphatic heterocycles. The zero-order valence-electron chi connectivity index (χ0n) is 22.6. The van der Waals surface area contributed by atoms with Crippen molar-refractivity contribution in [1.82, 2.24) is 34.0 Å². The fraction of sp³-hybridized carbons (Fsp3) is 0.276. The summed E-state index contributed by atoms with van der Waals surface area (Å²) < 4.78 is 15.4. The van der Waals surface area contributed by atoms with E-state index >= 15 is 0 Å². The fourth-order valence-electron chi connectivity index (χ4n) is 5.02. The van der Waals surface area contributed by atoms with Crippen LogP contribution >= 0.6 is 0 Å². The Labute approximate surface area is 230 Å². The molecule has 0 unspecified atom stereocenters. The van der Waals surface area contributed by atoms with E-state index in [0.29, 0.717) is 53.2 Å². The number of ether oxygens (including phenoxy) is 2. The van der Waals surface area contributed by atoms with E-state index in [0.717, 1.165) is 30.0 Å². The van der Waals surface area contributed by atoms with Crippen molar-refractivity contribution in [3.63, 3.8) is 0 Å². The predicted octanol–water partition coefficient (Wildman–Crippen LogP) is 3.50. The Bertz CT molecular complexity index is 1720. The van der Waals surface area contributed by atoms with Crippen LogP contribution in [0.5, 0.6) is 17.2 Å². The molecule has 3 aromatic heterocycles. The Balaban J connectivity index is 1.23. The van der Waals surface area contributed by atoms with Gasteiger partial charge in [-0.3, -0.25) is 9.13 Å². The molecule has 0 aliphatic carbocycles. The van der Waals surface area contributed by atoms with Gasteiger partial charge in [-0.15, -0.1) is 0 Å². The lowest BCUT2D eigenvalue weighted by atomic mass is 10.0. The van der Waals surface area contributed by atoms with Gasteiger partial charge in [0, 0.05) is 49.6 Å². The molecule has 2 aromatic carbocycles. The Morgan fingerprint density at radius 1 is 0.950 bits per heavy atom. The molecule has 0 spiro atoms. The minimum absolute atomic E-state index is 0.190. The number of aryl methyl sites for hydroxylation is 2. The lowest BCUT2D eigenvalue weighted by molar-refractivity contribution is 0.119. The topological polar surface area (TPSA) is 126 Å². The summed E-state index contributed by atoms with van der Waals surface area (Å²) in [6.45, 7) is 6.64. The molecule has 0 amide bonds. The third-order valence-corrected chi connectivity index (χ3v) is 6.91. The van der Waals surface area contributed by atoms with Crippen LogP contribution in [0.4, 0.5) is 5.82 Å². The van der Waals surface area contributed by atoms with Crippen LogP contribution in [0, 0.1) is 19.8 Å². The number of hydrogen-bond acceptors (Lipinski definition) is 9. The van der Waals surface area contributed by atoms with Gasteiger partial charge in [0.05, 0.1) is 5.69 Å². The lowest BCUT2D eigenvalue weighted by Gasteiger charge is -2.36. The highest BCUT2D eigenvalue weighted by Gasteiger charge is 2.27. The molecular weight excluding hydrogens is 508 g/mol. The highest BCUT2D eigenvalue weighted by molar-refractivity contribution is 5.84. The molecule has 0 bridgehead atoms. The molecule has 5 aromatic rings. The molecule has 0 saturated carbocycles. The van der Waals surface area contributed by atoms with Gasteiger partial charge in [-0.2, -0.15) is 0 Å². The van der Waals surface area contributed by atoms with Crippen LogP contribution in [0.2, 0.25) is 0 Å². The monoisotopic (exact) mass is 538 g/mol. The first-order chi connectivity index (χ1) is 19.3. The van der Waals surface area contributed by atoms with Gasteiger partial charge >= 0.3 is 5.69 Å². The second-order valence-corrected chi connectivity index (χ2v) is 10.3. The van der Waals surface area contributed by atoms with Crippen molar-refractivity contribution in [1.29, 1.82) is 0 Å². The smallest absolute Gasteiger partial charge is 0.335 e. The maximum Gasteiger partial charge on any atom is 0.335 e. The molecule has 1 aliphatic rings. The van der Waals surface area contributed by atoms with Crippen molar-refractivity contribution in [2.45, 2.75) is 27.0 Å². The van der Waals surface area contributed by atoms with Crippen molar-refractivity contribution in [3.8, 4) is 22.9 Å². The van der Waals surface area contributed by atoms with E-state index in [1.807, 2.05) is 56.3 Å². The van der Waals surface area contributed by atoms with Crippen molar-refractivity contribution in [2.24, 2.45) is 5.92 Å². The van der Waals surface area contributed by atoms with Gasteiger partial charge in [0.2, 0.25) is 0 Å². The first-order valence-corrected chi connectivity index (χ1v) is 13.0. The van der Waals surface area contributed by atoms with Crippen molar-refractivity contribution < 1.29 is 9.47 Å². The number of anilines is 1. The summed E-state index contributed by atoms with van der Waals surface area (Å²) in [7, 11) is 2.07. The first-order valence-electron chi connectivity index (χ1n) is 13.0. The summed E-state index contributed by atoms with van der Waals surface area (Å²) in [6, 6.07) is 13.0. The van der Waals surface area contributed by atoms with Crippen LogP contribution < -0.4 is 20.9 Å². The number of likely N-dealkylation sites (tertiary alicyclic amines) is 1. The van der Waals surface area contributed by atoms with Crippen molar-refractivity contribution in [3.05, 3.63) is 88.6 Å². The van der Waals surface area contributed by atoms with Crippen molar-refractivity contribution in [2.75, 3.05) is 25.9 Å². The predicted molar refractivity (Wildman–Crippen MR) is 151 cm³/mol. The van der Waals surface area contributed by atoms with E-state index < -0.39 is 0 Å². The van der Waals surface area contributed by atoms with Crippen LogP contribution in [-0.4, -0.2) is 54.1 Å². The van der Waals surface area contributed by atoms with Gasteiger partial charge in [0.1, 0.15) is 41.5 Å². The summed E-state index contributed by atoms with van der Waals surface area (Å²) in [4.78, 5) is 32.7. The number of hydrogen-bond donors (Lipinski definition) is 1. The summed E-state index contributed by atoms with van der Waals surface area (Å²) in [5.74, 6) is 3.30. The molecule has 204 valence electrons. The fourth-order valence-corrected chi connectivity index (χ4v) is 5.02. The van der Waals surface area contributed by atoms with Crippen LogP contribution in [-0.2, 0) is 13.2 Å². The van der Waals surface area contributed by atoms with Gasteiger partial charge < -0.3 is 20.1 Å². The van der Waals surface area contributed by atoms with E-state index in [-0.39, 0.29) is 11.5 Å². The molecule has 40 heavy (non-hydrogen) atoms. The van der Waals surface area contributed by atoms with Crippen LogP contribution in [0.15, 0.2) is 66.0 Å². The molecule has 0 radical (unpaired) electrons. The van der Waals surface area contributed by atoms with Gasteiger partial charge in [-0.05, 0) is 62.9 Å². The SMILES string of the molecule is Cc1cc(OCc2cnc(C)nc2)cc(Oc2ccc(-n3c(=O)n(CC4CN(C)C4)c4ncnc(N)c43)cc2)c1. The average Bonchev–Trinajstić information content (AvgIpc) is 3.20. The van der Waals surface area contributed by atoms with E-state index in [9.17, 15) is 4.79 Å². The summed E-state index contributed by atoms with van der Waals surface area (Å²) in [6.07, 6.45) is 4.91. The number of nitrogen functional groups attached to an aromatic ring is 1. The zero-order chi connectivity index (χ0) is 27.8. The number of nitrogens with zero attached hydrogens (tertiary/aromatic N) is 7. The van der Waals surface area contributed by atoms with Gasteiger partial charge in [-0.1, -0.05) is 0 Å². The summed E-state index contributed by atoms with van der Waals surface area (Å²) in [5.41, 5.74) is 9.62. The second kappa shape index (κ2) is 10.4. The van der Waals surface area contributed by atoms with Gasteiger partial charge in [0.15, 0.2) is 11.5 Å². The molecular formula is C29H30N8O3. The number of rotatable bonds is 8. The number of imidazole rings is 1. The molecule has 2 N–H and O–H groups in total. The zero-order valence-corrected chi connectivity index (χ0v) is 22.6. The Hall–Kier alpha value is -4.77. The summed E-state index contributed by atoms with van der Waals surface area (Å²) >= 11 is 0. The minimum atomic E-state index is -0.190. The lowest BCUT2D eigenvalue weighted by Crippen LogP contribution is -2.46. The van der Waals surface area contributed by atoms with Gasteiger partial charge in [-0.25, -0.2) is 24.7 Å². The van der Waals surface area contributed by atoms with Crippen LogP contribution in [0.25, 0.3) is 16.9 Å². The van der Waals surface area contributed by atoms with E-state index in [2.05, 4.69) is 31.9 Å². The molecule has 1 fully saturated rings. The van der Waals surface area contributed by atoms with Crippen LogP contribution in [0.1, 0.15) is 17.0 Å². The maximum absolute atomic E-state index is 13.6.